The summed E-state index contributed by atoms with van der Waals surface area (Å²) in [4.78, 5) is 12.1. The first-order valence-corrected chi connectivity index (χ1v) is 29.2. The number of esters is 1. The normalized spacial score (nSPS) is 11.7. The van der Waals surface area contributed by atoms with Crippen LogP contribution in [0.1, 0.15) is 347 Å². The molecule has 3 nitrogen and oxygen atoms in total. The number of hydrogen-bond donors (Lipinski definition) is 1. The molecular weight excluding hydrogens is 757 g/mol. The summed E-state index contributed by atoms with van der Waals surface area (Å²) in [6, 6.07) is 0. The standard InChI is InChI=1S/C59H116O3/c1-2-3-4-5-6-7-8-9-10-11-12-26-29-32-35-38-41-44-47-50-53-56-59(61)62-58-55-52-49-46-43-40-37-34-31-28-25-23-21-19-17-15-13-14-16-18-20-22-24-27-30-33-36-39-42-45-48-51-54-57-60/h9-10,60H,2-8,11-58H2,1H3. The third-order valence-corrected chi connectivity index (χ3v) is 13.7. The Morgan fingerprint density at radius 2 is 0.532 bits per heavy atom. The molecule has 0 amide bonds. The number of unbranched alkanes of at least 4 members (excludes halogenated alkanes) is 49. The number of ether oxygens (including phenoxy) is 1. The third-order valence-electron chi connectivity index (χ3n) is 13.7. The minimum Gasteiger partial charge on any atom is -0.466 e. The Kier molecular flexibility index (Phi) is 57.4. The smallest absolute Gasteiger partial charge is 0.305 e. The zero-order chi connectivity index (χ0) is 44.6. The summed E-state index contributed by atoms with van der Waals surface area (Å²) in [7, 11) is 0. The summed E-state index contributed by atoms with van der Waals surface area (Å²) in [5, 5.41) is 8.83. The van der Waals surface area contributed by atoms with Crippen molar-refractivity contribution in [3.8, 4) is 0 Å². The molecular formula is C59H116O3. The molecule has 0 aromatic rings. The van der Waals surface area contributed by atoms with E-state index in [9.17, 15) is 4.79 Å². The van der Waals surface area contributed by atoms with Gasteiger partial charge in [0.15, 0.2) is 0 Å². The first-order chi connectivity index (χ1) is 30.8. The lowest BCUT2D eigenvalue weighted by atomic mass is 10.0. The molecule has 0 aliphatic rings. The van der Waals surface area contributed by atoms with Gasteiger partial charge < -0.3 is 9.84 Å². The highest BCUT2D eigenvalue weighted by atomic mass is 16.5. The number of carbonyl (C=O) groups excluding carboxylic acids is 1. The van der Waals surface area contributed by atoms with Gasteiger partial charge in [-0.05, 0) is 44.9 Å². The van der Waals surface area contributed by atoms with E-state index < -0.39 is 0 Å². The molecule has 0 saturated heterocycles. The number of carbonyl (C=O) groups is 1. The fraction of sp³-hybridized carbons (Fsp3) is 0.949. The van der Waals surface area contributed by atoms with Gasteiger partial charge in [0, 0.05) is 13.0 Å². The highest BCUT2D eigenvalue weighted by Gasteiger charge is 2.03. The molecule has 0 saturated carbocycles. The summed E-state index contributed by atoms with van der Waals surface area (Å²) in [5.74, 6) is 0.0290. The SMILES string of the molecule is CCCCCCCCC=CCCCCCCCCCCCCCC(=O)OCCCCCCCCCCCCCCCCCCCCCCCCCCCCCCCCCCCO. The number of hydrogen-bond acceptors (Lipinski definition) is 3. The van der Waals surface area contributed by atoms with Crippen molar-refractivity contribution >= 4 is 5.97 Å². The van der Waals surface area contributed by atoms with Crippen LogP contribution < -0.4 is 0 Å². The second-order valence-electron chi connectivity index (χ2n) is 20.1. The van der Waals surface area contributed by atoms with Crippen LogP contribution in [0.15, 0.2) is 12.2 Å². The summed E-state index contributed by atoms with van der Waals surface area (Å²) in [5.41, 5.74) is 0. The van der Waals surface area contributed by atoms with Gasteiger partial charge >= 0.3 is 5.97 Å². The van der Waals surface area contributed by atoms with Gasteiger partial charge in [-0.15, -0.1) is 0 Å². The van der Waals surface area contributed by atoms with Crippen LogP contribution in [0.4, 0.5) is 0 Å². The van der Waals surface area contributed by atoms with Gasteiger partial charge in [-0.25, -0.2) is 0 Å². The molecule has 0 radical (unpaired) electrons. The molecule has 0 rings (SSSR count). The third kappa shape index (κ3) is 57.2. The molecule has 0 aliphatic carbocycles. The zero-order valence-corrected chi connectivity index (χ0v) is 42.8. The molecule has 0 atom stereocenters. The van der Waals surface area contributed by atoms with E-state index in [4.69, 9.17) is 9.84 Å². The van der Waals surface area contributed by atoms with E-state index in [0.29, 0.717) is 19.6 Å². The maximum atomic E-state index is 12.1. The van der Waals surface area contributed by atoms with Crippen molar-refractivity contribution in [3.63, 3.8) is 0 Å². The number of rotatable bonds is 56. The summed E-state index contributed by atoms with van der Waals surface area (Å²) in [6.45, 7) is 3.29. The van der Waals surface area contributed by atoms with Crippen LogP contribution in [0.5, 0.6) is 0 Å². The van der Waals surface area contributed by atoms with Gasteiger partial charge in [0.05, 0.1) is 6.61 Å². The first kappa shape index (κ1) is 61.2. The van der Waals surface area contributed by atoms with E-state index in [0.717, 1.165) is 19.3 Å². The van der Waals surface area contributed by atoms with Gasteiger partial charge in [0.1, 0.15) is 0 Å². The lowest BCUT2D eigenvalue weighted by Gasteiger charge is -2.06. The van der Waals surface area contributed by atoms with Gasteiger partial charge in [0.25, 0.3) is 0 Å². The summed E-state index contributed by atoms with van der Waals surface area (Å²) < 4.78 is 5.51. The molecule has 0 unspecified atom stereocenters. The molecule has 370 valence electrons. The topological polar surface area (TPSA) is 46.5 Å². The molecule has 3 heteroatoms. The average molecular weight is 874 g/mol. The van der Waals surface area contributed by atoms with E-state index in [-0.39, 0.29) is 5.97 Å². The van der Waals surface area contributed by atoms with Crippen LogP contribution in [-0.4, -0.2) is 24.3 Å². The molecule has 62 heavy (non-hydrogen) atoms. The predicted octanol–water partition coefficient (Wildman–Crippen LogP) is 20.8. The van der Waals surface area contributed by atoms with Crippen molar-refractivity contribution < 1.29 is 14.6 Å². The Hall–Kier alpha value is -0.830. The van der Waals surface area contributed by atoms with Gasteiger partial charge in [0.2, 0.25) is 0 Å². The van der Waals surface area contributed by atoms with Gasteiger partial charge in [-0.2, -0.15) is 0 Å². The minimum absolute atomic E-state index is 0.0290. The van der Waals surface area contributed by atoms with E-state index in [1.54, 1.807) is 0 Å². The quantitative estimate of drug-likeness (QED) is 0.0376. The highest BCUT2D eigenvalue weighted by molar-refractivity contribution is 5.69. The van der Waals surface area contributed by atoms with Crippen molar-refractivity contribution in [2.24, 2.45) is 0 Å². The van der Waals surface area contributed by atoms with E-state index in [1.165, 1.54) is 315 Å². The van der Waals surface area contributed by atoms with Gasteiger partial charge in [-0.1, -0.05) is 308 Å². The molecule has 0 fully saturated rings. The average Bonchev–Trinajstić information content (AvgIpc) is 3.28. The first-order valence-electron chi connectivity index (χ1n) is 29.2. The molecule has 1 N–H and O–H groups in total. The number of aliphatic hydroxyl groups is 1. The van der Waals surface area contributed by atoms with Crippen LogP contribution in [0, 0.1) is 0 Å². The zero-order valence-electron chi connectivity index (χ0n) is 42.8. The largest absolute Gasteiger partial charge is 0.466 e. The maximum absolute atomic E-state index is 12.1. The Morgan fingerprint density at radius 1 is 0.306 bits per heavy atom. The van der Waals surface area contributed by atoms with Crippen molar-refractivity contribution in [1.29, 1.82) is 0 Å². The van der Waals surface area contributed by atoms with Crippen molar-refractivity contribution in [2.75, 3.05) is 13.2 Å². The lowest BCUT2D eigenvalue weighted by Crippen LogP contribution is -2.05. The molecule has 0 aromatic heterocycles. The van der Waals surface area contributed by atoms with E-state index in [1.807, 2.05) is 0 Å². The Balaban J connectivity index is 3.15. The van der Waals surface area contributed by atoms with E-state index >= 15 is 0 Å². The molecule has 0 aliphatic heterocycles. The Bertz CT molecular complexity index is 822. The summed E-state index contributed by atoms with van der Waals surface area (Å²) in [6.07, 6.45) is 76.9. The van der Waals surface area contributed by atoms with Crippen molar-refractivity contribution in [1.82, 2.24) is 0 Å². The fourth-order valence-corrected chi connectivity index (χ4v) is 9.35. The predicted molar refractivity (Wildman–Crippen MR) is 278 cm³/mol. The fourth-order valence-electron chi connectivity index (χ4n) is 9.35. The monoisotopic (exact) mass is 873 g/mol. The summed E-state index contributed by atoms with van der Waals surface area (Å²) >= 11 is 0. The van der Waals surface area contributed by atoms with Crippen LogP contribution in [0.2, 0.25) is 0 Å². The number of aliphatic hydroxyl groups excluding tert-OH is 1. The van der Waals surface area contributed by atoms with E-state index in [2.05, 4.69) is 19.1 Å². The molecule has 0 heterocycles. The molecule has 0 spiro atoms. The van der Waals surface area contributed by atoms with Crippen LogP contribution in [0.3, 0.4) is 0 Å². The Morgan fingerprint density at radius 3 is 0.806 bits per heavy atom. The number of allylic oxidation sites excluding steroid dienone is 2. The van der Waals surface area contributed by atoms with Crippen LogP contribution in [-0.2, 0) is 9.53 Å². The van der Waals surface area contributed by atoms with Crippen LogP contribution in [0.25, 0.3) is 0 Å². The highest BCUT2D eigenvalue weighted by Crippen LogP contribution is 2.18. The van der Waals surface area contributed by atoms with Crippen molar-refractivity contribution in [3.05, 3.63) is 12.2 Å². The van der Waals surface area contributed by atoms with Crippen LogP contribution >= 0.6 is 0 Å². The van der Waals surface area contributed by atoms with Gasteiger partial charge in [-0.3, -0.25) is 4.79 Å². The molecule has 0 bridgehead atoms. The second kappa shape index (κ2) is 58.2. The molecule has 0 aromatic carbocycles. The van der Waals surface area contributed by atoms with Crippen molar-refractivity contribution in [2.45, 2.75) is 347 Å². The maximum Gasteiger partial charge on any atom is 0.305 e. The second-order valence-corrected chi connectivity index (χ2v) is 20.1. The lowest BCUT2D eigenvalue weighted by molar-refractivity contribution is -0.143. The Labute approximate surface area is 391 Å². The minimum atomic E-state index is 0.0290.